The van der Waals surface area contributed by atoms with Crippen molar-refractivity contribution >= 4 is 34.2 Å². The lowest BCUT2D eigenvalue weighted by atomic mass is 9.76. The number of rotatable bonds is 7. The van der Waals surface area contributed by atoms with Gasteiger partial charge < -0.3 is 19.4 Å². The number of halogens is 1. The third-order valence-corrected chi connectivity index (χ3v) is 7.84. The fraction of sp³-hybridized carbons (Fsp3) is 0.355. The standard InChI is InChI=1S/C31H34ClN3O3/c1-19(2)27-15-23(21-5-9-24(32)10-6-21)17-38-31(27)22-7-12-26(13-8-22)37-18-30(36)34-25-11-14-29-28(16-25)33-20(3)35(29)4/h5-14,16,19,23,27,31H,15,17-18H2,1-4H3,(H,34,36)/t23-,27-,31-/m0/s1. The summed E-state index contributed by atoms with van der Waals surface area (Å²) < 4.78 is 14.2. The molecule has 1 aliphatic heterocycles. The van der Waals surface area contributed by atoms with E-state index in [1.54, 1.807) is 0 Å². The van der Waals surface area contributed by atoms with Crippen LogP contribution in [0.2, 0.25) is 5.02 Å². The van der Waals surface area contributed by atoms with Crippen LogP contribution in [0.15, 0.2) is 66.7 Å². The number of nitrogens with one attached hydrogen (secondary N) is 1. The summed E-state index contributed by atoms with van der Waals surface area (Å²) in [4.78, 5) is 17.0. The number of hydrogen-bond donors (Lipinski definition) is 1. The lowest BCUT2D eigenvalue weighted by Crippen LogP contribution is -2.31. The van der Waals surface area contributed by atoms with Crippen LogP contribution in [0.3, 0.4) is 0 Å². The summed E-state index contributed by atoms with van der Waals surface area (Å²) in [6.07, 6.45) is 1.09. The van der Waals surface area contributed by atoms with E-state index >= 15 is 0 Å². The molecule has 1 aromatic heterocycles. The molecule has 1 amide bonds. The van der Waals surface area contributed by atoms with Gasteiger partial charge in [-0.3, -0.25) is 4.79 Å². The zero-order valence-electron chi connectivity index (χ0n) is 22.3. The first-order valence-electron chi connectivity index (χ1n) is 13.1. The van der Waals surface area contributed by atoms with Gasteiger partial charge in [0.2, 0.25) is 0 Å². The van der Waals surface area contributed by atoms with Crippen molar-refractivity contribution in [1.29, 1.82) is 0 Å². The number of nitrogens with zero attached hydrogens (tertiary/aromatic N) is 2. The highest BCUT2D eigenvalue weighted by molar-refractivity contribution is 6.30. The van der Waals surface area contributed by atoms with Crippen molar-refractivity contribution in [3.63, 3.8) is 0 Å². The normalized spacial score (nSPS) is 19.6. The summed E-state index contributed by atoms with van der Waals surface area (Å²) in [6.45, 7) is 7.08. The van der Waals surface area contributed by atoms with Gasteiger partial charge in [-0.15, -0.1) is 0 Å². The number of fused-ring (bicyclic) bond motifs is 1. The Morgan fingerprint density at radius 3 is 2.53 bits per heavy atom. The number of aromatic nitrogens is 2. The van der Waals surface area contributed by atoms with Crippen molar-refractivity contribution in [1.82, 2.24) is 9.55 Å². The fourth-order valence-electron chi connectivity index (χ4n) is 5.29. The summed E-state index contributed by atoms with van der Waals surface area (Å²) in [5, 5.41) is 3.65. The Bertz CT molecular complexity index is 1410. The summed E-state index contributed by atoms with van der Waals surface area (Å²) in [5.41, 5.74) is 4.98. The largest absolute Gasteiger partial charge is 0.484 e. The first kappa shape index (κ1) is 26.3. The second-order valence-electron chi connectivity index (χ2n) is 10.5. The average Bonchev–Trinajstić information content (AvgIpc) is 3.20. The van der Waals surface area contributed by atoms with Gasteiger partial charge in [-0.2, -0.15) is 0 Å². The van der Waals surface area contributed by atoms with Gasteiger partial charge in [-0.25, -0.2) is 4.98 Å². The highest BCUT2D eigenvalue weighted by Gasteiger charge is 2.35. The van der Waals surface area contributed by atoms with Gasteiger partial charge in [-0.05, 0) is 78.8 Å². The number of carbonyl (C=O) groups is 1. The van der Waals surface area contributed by atoms with Gasteiger partial charge in [0.25, 0.3) is 5.91 Å². The Labute approximate surface area is 228 Å². The third kappa shape index (κ3) is 5.71. The van der Waals surface area contributed by atoms with E-state index in [0.29, 0.717) is 35.8 Å². The molecular weight excluding hydrogens is 498 g/mol. The smallest absolute Gasteiger partial charge is 0.262 e. The monoisotopic (exact) mass is 531 g/mol. The Morgan fingerprint density at radius 2 is 1.82 bits per heavy atom. The molecule has 5 rings (SSSR count). The number of ether oxygens (including phenoxy) is 2. The van der Waals surface area contributed by atoms with Crippen LogP contribution >= 0.6 is 11.6 Å². The summed E-state index contributed by atoms with van der Waals surface area (Å²) in [6, 6.07) is 21.8. The van der Waals surface area contributed by atoms with Crippen molar-refractivity contribution in [3.8, 4) is 5.75 Å². The molecule has 4 aromatic rings. The molecule has 38 heavy (non-hydrogen) atoms. The van der Waals surface area contributed by atoms with Gasteiger partial charge >= 0.3 is 0 Å². The van der Waals surface area contributed by atoms with Crippen LogP contribution < -0.4 is 10.1 Å². The second-order valence-corrected chi connectivity index (χ2v) is 10.9. The van der Waals surface area contributed by atoms with Crippen LogP contribution in [0.5, 0.6) is 5.75 Å². The maximum absolute atomic E-state index is 12.5. The van der Waals surface area contributed by atoms with Gasteiger partial charge in [0.15, 0.2) is 6.61 Å². The van der Waals surface area contributed by atoms with Crippen molar-refractivity contribution in [2.75, 3.05) is 18.5 Å². The fourth-order valence-corrected chi connectivity index (χ4v) is 5.42. The number of hydrogen-bond acceptors (Lipinski definition) is 4. The quantitative estimate of drug-likeness (QED) is 0.277. The minimum Gasteiger partial charge on any atom is -0.484 e. The van der Waals surface area contributed by atoms with E-state index < -0.39 is 0 Å². The van der Waals surface area contributed by atoms with Crippen LogP contribution in [0.4, 0.5) is 5.69 Å². The SMILES string of the molecule is Cc1nc2cc(NC(=O)COc3ccc([C@@H]4OC[C@@H](c5ccc(Cl)cc5)C[C@H]4C(C)C)cc3)ccc2n1C. The second kappa shape index (κ2) is 11.2. The highest BCUT2D eigenvalue weighted by Crippen LogP contribution is 2.43. The third-order valence-electron chi connectivity index (χ3n) is 7.59. The molecule has 1 saturated heterocycles. The molecule has 3 aromatic carbocycles. The van der Waals surface area contributed by atoms with E-state index in [4.69, 9.17) is 21.1 Å². The maximum Gasteiger partial charge on any atom is 0.262 e. The van der Waals surface area contributed by atoms with Gasteiger partial charge in [0.1, 0.15) is 11.6 Å². The predicted molar refractivity (Wildman–Crippen MR) is 152 cm³/mol. The molecule has 6 nitrogen and oxygen atoms in total. The number of amides is 1. The number of benzene rings is 3. The Hall–Kier alpha value is -3.35. The Morgan fingerprint density at radius 1 is 1.11 bits per heavy atom. The maximum atomic E-state index is 12.5. The molecule has 0 bridgehead atoms. The van der Waals surface area contributed by atoms with Gasteiger partial charge in [-0.1, -0.05) is 49.7 Å². The number of aryl methyl sites for hydroxylation is 2. The average molecular weight is 532 g/mol. The first-order valence-corrected chi connectivity index (χ1v) is 13.5. The van der Waals surface area contributed by atoms with E-state index in [0.717, 1.165) is 33.9 Å². The first-order chi connectivity index (χ1) is 18.3. The molecule has 198 valence electrons. The molecule has 0 spiro atoms. The predicted octanol–water partition coefficient (Wildman–Crippen LogP) is 7.07. The van der Waals surface area contributed by atoms with Crippen molar-refractivity contribution in [2.24, 2.45) is 18.9 Å². The van der Waals surface area contributed by atoms with Crippen LogP contribution in [-0.4, -0.2) is 28.7 Å². The molecular formula is C31H34ClN3O3. The van der Waals surface area contributed by atoms with Gasteiger partial charge in [0, 0.05) is 23.7 Å². The molecule has 7 heteroatoms. The Balaban J connectivity index is 1.18. The Kier molecular flexibility index (Phi) is 7.73. The zero-order valence-corrected chi connectivity index (χ0v) is 23.0. The molecule has 3 atom stereocenters. The van der Waals surface area contributed by atoms with Crippen LogP contribution in [0.1, 0.15) is 49.2 Å². The minimum atomic E-state index is -0.218. The van der Waals surface area contributed by atoms with E-state index in [1.165, 1.54) is 5.56 Å². The van der Waals surface area contributed by atoms with Crippen molar-refractivity contribution < 1.29 is 14.3 Å². The number of imidazole rings is 1. The van der Waals surface area contributed by atoms with E-state index in [-0.39, 0.29) is 18.6 Å². The number of anilines is 1. The lowest BCUT2D eigenvalue weighted by molar-refractivity contribution is -0.118. The zero-order chi connectivity index (χ0) is 26.8. The lowest BCUT2D eigenvalue weighted by Gasteiger charge is -2.39. The molecule has 1 fully saturated rings. The summed E-state index contributed by atoms with van der Waals surface area (Å²) in [5.74, 6) is 2.58. The molecule has 1 aliphatic rings. The van der Waals surface area contributed by atoms with Crippen LogP contribution in [0, 0.1) is 18.8 Å². The molecule has 2 heterocycles. The van der Waals surface area contributed by atoms with E-state index in [2.05, 4.69) is 36.3 Å². The van der Waals surface area contributed by atoms with Crippen molar-refractivity contribution in [3.05, 3.63) is 88.7 Å². The van der Waals surface area contributed by atoms with E-state index in [9.17, 15) is 4.79 Å². The molecule has 0 saturated carbocycles. The number of carbonyl (C=O) groups excluding carboxylic acids is 1. The van der Waals surface area contributed by atoms with E-state index in [1.807, 2.05) is 73.1 Å². The molecule has 0 aliphatic carbocycles. The molecule has 0 unspecified atom stereocenters. The van der Waals surface area contributed by atoms with Crippen LogP contribution in [0.25, 0.3) is 11.0 Å². The van der Waals surface area contributed by atoms with Crippen LogP contribution in [-0.2, 0) is 16.6 Å². The summed E-state index contributed by atoms with van der Waals surface area (Å²) >= 11 is 6.08. The minimum absolute atomic E-state index is 0.0287. The van der Waals surface area contributed by atoms with Gasteiger partial charge in [0.05, 0.1) is 23.7 Å². The highest BCUT2D eigenvalue weighted by atomic mass is 35.5. The van der Waals surface area contributed by atoms with Crippen molar-refractivity contribution in [2.45, 2.75) is 39.2 Å². The summed E-state index contributed by atoms with van der Waals surface area (Å²) in [7, 11) is 1.98. The molecule has 0 radical (unpaired) electrons. The molecule has 1 N–H and O–H groups in total. The topological polar surface area (TPSA) is 65.4 Å².